The van der Waals surface area contributed by atoms with E-state index in [1.165, 1.54) is 17.6 Å². The number of pyridine rings is 2. The van der Waals surface area contributed by atoms with Gasteiger partial charge < -0.3 is 55.2 Å². The Morgan fingerprint density at radius 2 is 1.61 bits per heavy atom. The summed E-state index contributed by atoms with van der Waals surface area (Å²) in [4.78, 5) is 120. The van der Waals surface area contributed by atoms with E-state index < -0.39 is 76.7 Å². The lowest BCUT2D eigenvalue weighted by Gasteiger charge is -2.31. The summed E-state index contributed by atoms with van der Waals surface area (Å²) in [6, 6.07) is 6.89. The minimum absolute atomic E-state index is 0.0141. The van der Waals surface area contributed by atoms with Crippen LogP contribution >= 0.6 is 0 Å². The Balaban J connectivity index is 0.781. The van der Waals surface area contributed by atoms with Crippen LogP contribution in [0.5, 0.6) is 0 Å². The van der Waals surface area contributed by atoms with Crippen molar-refractivity contribution in [2.75, 3.05) is 44.8 Å². The molecule has 8 rings (SSSR count). The molecule has 7 amide bonds. The zero-order valence-electron chi connectivity index (χ0n) is 43.3. The Morgan fingerprint density at radius 1 is 0.896 bits per heavy atom. The fraction of sp³-hybridized carbons (Fsp3) is 0.444. The van der Waals surface area contributed by atoms with E-state index in [-0.39, 0.29) is 101 Å². The smallest absolute Gasteiger partial charge is 0.407 e. The quantitative estimate of drug-likeness (QED) is 0.0330. The predicted molar refractivity (Wildman–Crippen MR) is 273 cm³/mol. The van der Waals surface area contributed by atoms with Gasteiger partial charge in [-0.15, -0.1) is 0 Å². The average Bonchev–Trinajstić information content (AvgIpc) is 4.05. The molecule has 0 spiro atoms. The van der Waals surface area contributed by atoms with Gasteiger partial charge >= 0.3 is 12.1 Å². The Kier molecular flexibility index (Phi) is 16.9. The SMILES string of the molecule is CC[C@@]1(O)C(=O)OCc2c1cc1n(c2=O)Cc2c-1nc1cc(F)c(C)c3c1c2[C@@H](NC(=O)OCc1ccc(NC(=O)[C@H](C)NC(=O)[C@@H](NC(=O)CCOCCOCCNC(=O)CCN2C(=O)C=CC2=O)C(C)C)cc1)CC3. The number of imide groups is 1. The molecule has 2 aromatic carbocycles. The molecule has 408 valence electrons. The highest BCUT2D eigenvalue weighted by molar-refractivity contribution is 6.13. The second-order valence-electron chi connectivity index (χ2n) is 19.6. The number of nitrogens with one attached hydrogen (secondary N) is 5. The highest BCUT2D eigenvalue weighted by Crippen LogP contribution is 2.46. The monoisotopic (exact) mass is 1060 g/mol. The number of fused-ring (bicyclic) bond motifs is 5. The van der Waals surface area contributed by atoms with Gasteiger partial charge in [0.2, 0.25) is 23.6 Å². The standard InChI is InChI=1S/C54H61FN8O14/c1-6-54(73)36-23-40-48-34(25-63(40)51(70)35(36)27-76-52(54)71)46-38(12-11-33-29(4)37(55)24-39(59-48)45(33)46)60-53(72)77-26-31-7-9-32(10-8-31)58-49(68)30(5)57-50(69)47(28(2)3)61-42(65)16-19-74-21-22-75-20-17-56-41(64)15-18-62-43(66)13-14-44(62)67/h7-10,13-14,23-24,28,30,38,47,73H,6,11-12,15-22,25-27H2,1-5H3,(H,56,64)(H,57,69)(H,58,68)(H,60,72)(H,61,65)/t30-,38-,47-,54-/m0/s1. The normalized spacial score (nSPS) is 17.8. The molecule has 22 nitrogen and oxygen atoms in total. The van der Waals surface area contributed by atoms with Gasteiger partial charge in [-0.3, -0.25) is 38.5 Å². The van der Waals surface area contributed by atoms with Crippen LogP contribution in [0.15, 0.2) is 53.3 Å². The lowest BCUT2D eigenvalue weighted by molar-refractivity contribution is -0.172. The summed E-state index contributed by atoms with van der Waals surface area (Å²) in [5.41, 5.74) is 2.38. The minimum atomic E-state index is -2.04. The van der Waals surface area contributed by atoms with Crippen LogP contribution in [0.4, 0.5) is 14.9 Å². The van der Waals surface area contributed by atoms with Gasteiger partial charge in [0, 0.05) is 66.4 Å². The molecule has 23 heteroatoms. The summed E-state index contributed by atoms with van der Waals surface area (Å²) in [6.07, 6.45) is 2.27. The third-order valence-electron chi connectivity index (χ3n) is 14.2. The Hall–Kier alpha value is -7.89. The maximum atomic E-state index is 15.4. The van der Waals surface area contributed by atoms with Crippen molar-refractivity contribution in [2.24, 2.45) is 5.92 Å². The van der Waals surface area contributed by atoms with Gasteiger partial charge in [-0.1, -0.05) is 32.9 Å². The van der Waals surface area contributed by atoms with E-state index in [1.54, 1.807) is 58.0 Å². The first-order chi connectivity index (χ1) is 36.8. The van der Waals surface area contributed by atoms with Gasteiger partial charge in [0.25, 0.3) is 17.4 Å². The highest BCUT2D eigenvalue weighted by Gasteiger charge is 2.46. The summed E-state index contributed by atoms with van der Waals surface area (Å²) in [5, 5.41) is 25.8. The number of esters is 1. The summed E-state index contributed by atoms with van der Waals surface area (Å²) in [7, 11) is 0. The van der Waals surface area contributed by atoms with E-state index in [1.807, 2.05) is 0 Å². The van der Waals surface area contributed by atoms with E-state index in [9.17, 15) is 48.3 Å². The lowest BCUT2D eigenvalue weighted by atomic mass is 9.81. The number of cyclic esters (lactones) is 1. The zero-order valence-corrected chi connectivity index (χ0v) is 43.3. The predicted octanol–water partition coefficient (Wildman–Crippen LogP) is 2.88. The molecule has 0 saturated carbocycles. The van der Waals surface area contributed by atoms with Gasteiger partial charge in [-0.25, -0.2) is 19.0 Å². The van der Waals surface area contributed by atoms with Gasteiger partial charge in [0.1, 0.15) is 31.1 Å². The molecule has 2 aromatic heterocycles. The Labute approximate surface area is 441 Å². The van der Waals surface area contributed by atoms with E-state index in [4.69, 9.17) is 23.9 Å². The Morgan fingerprint density at radius 3 is 2.31 bits per heavy atom. The molecular weight excluding hydrogens is 1000 g/mol. The van der Waals surface area contributed by atoms with Crippen LogP contribution in [0, 0.1) is 18.7 Å². The molecule has 3 aliphatic heterocycles. The minimum Gasteiger partial charge on any atom is -0.458 e. The van der Waals surface area contributed by atoms with Crippen molar-refractivity contribution in [2.45, 2.75) is 110 Å². The number of nitrogens with zero attached hydrogens (tertiary/aromatic N) is 3. The molecule has 0 fully saturated rings. The lowest BCUT2D eigenvalue weighted by Crippen LogP contribution is -2.53. The van der Waals surface area contributed by atoms with Crippen molar-refractivity contribution < 1.29 is 66.8 Å². The summed E-state index contributed by atoms with van der Waals surface area (Å²) >= 11 is 0. The van der Waals surface area contributed by atoms with E-state index in [2.05, 4.69) is 26.6 Å². The third-order valence-corrected chi connectivity index (χ3v) is 14.2. The number of hydrogen-bond acceptors (Lipinski definition) is 15. The number of alkyl carbamates (subject to hydrolysis) is 1. The molecule has 0 unspecified atom stereocenters. The van der Waals surface area contributed by atoms with Crippen molar-refractivity contribution in [3.05, 3.63) is 104 Å². The van der Waals surface area contributed by atoms with Crippen LogP contribution in [0.25, 0.3) is 22.3 Å². The van der Waals surface area contributed by atoms with Crippen LogP contribution in [-0.4, -0.2) is 119 Å². The number of benzene rings is 2. The summed E-state index contributed by atoms with van der Waals surface area (Å²) in [5.74, 6) is -4.39. The maximum Gasteiger partial charge on any atom is 0.407 e. The van der Waals surface area contributed by atoms with Crippen molar-refractivity contribution in [3.8, 4) is 11.4 Å². The Bertz CT molecular complexity index is 3120. The summed E-state index contributed by atoms with van der Waals surface area (Å²) in [6.45, 7) is 8.75. The first-order valence-electron chi connectivity index (χ1n) is 25.5. The number of rotatable bonds is 22. The van der Waals surface area contributed by atoms with Crippen LogP contribution in [0.2, 0.25) is 0 Å². The zero-order chi connectivity index (χ0) is 55.3. The fourth-order valence-electron chi connectivity index (χ4n) is 9.82. The van der Waals surface area contributed by atoms with Crippen molar-refractivity contribution >= 4 is 64.1 Å². The number of carbonyl (C=O) groups excluding carboxylic acids is 8. The van der Waals surface area contributed by atoms with E-state index in [0.717, 1.165) is 22.6 Å². The highest BCUT2D eigenvalue weighted by atomic mass is 19.1. The number of amides is 7. The number of carbonyl (C=O) groups is 8. The number of anilines is 1. The van der Waals surface area contributed by atoms with Crippen LogP contribution in [-0.2, 0) is 84.3 Å². The molecule has 0 radical (unpaired) electrons. The van der Waals surface area contributed by atoms with Crippen LogP contribution in [0.3, 0.4) is 0 Å². The second kappa shape index (κ2) is 23.6. The van der Waals surface area contributed by atoms with Gasteiger partial charge in [0.15, 0.2) is 5.60 Å². The van der Waals surface area contributed by atoms with E-state index >= 15 is 4.39 Å². The topological polar surface area (TPSA) is 292 Å². The molecule has 4 aromatic rings. The van der Waals surface area contributed by atoms with Crippen molar-refractivity contribution in [1.29, 1.82) is 0 Å². The van der Waals surface area contributed by atoms with Gasteiger partial charge in [0.05, 0.1) is 61.5 Å². The maximum absolute atomic E-state index is 15.4. The molecule has 1 aliphatic carbocycles. The number of aryl methyl sites for hydroxylation is 1. The molecule has 4 atom stereocenters. The number of aliphatic hydroxyl groups is 1. The number of ether oxygens (including phenoxy) is 4. The second-order valence-corrected chi connectivity index (χ2v) is 19.6. The van der Waals surface area contributed by atoms with Gasteiger partial charge in [-0.2, -0.15) is 0 Å². The summed E-state index contributed by atoms with van der Waals surface area (Å²) < 4.78 is 38.7. The number of halogens is 1. The average molecular weight is 1070 g/mol. The number of hydrogen-bond donors (Lipinski definition) is 6. The third kappa shape index (κ3) is 11.9. The fourth-order valence-corrected chi connectivity index (χ4v) is 9.82. The largest absolute Gasteiger partial charge is 0.458 e. The molecule has 0 bridgehead atoms. The number of aromatic nitrogens is 2. The molecule has 77 heavy (non-hydrogen) atoms. The van der Waals surface area contributed by atoms with Crippen LogP contribution in [0.1, 0.15) is 98.4 Å². The van der Waals surface area contributed by atoms with Crippen molar-refractivity contribution in [3.63, 3.8) is 0 Å². The molecule has 6 N–H and O–H groups in total. The first kappa shape index (κ1) is 55.3. The molecular formula is C54H61FN8O14. The van der Waals surface area contributed by atoms with Gasteiger partial charge in [-0.05, 0) is 79.5 Å². The molecule has 4 aliphatic rings. The van der Waals surface area contributed by atoms with Crippen molar-refractivity contribution in [1.82, 2.24) is 35.7 Å². The molecule has 0 saturated heterocycles. The molecule has 5 heterocycles. The van der Waals surface area contributed by atoms with E-state index in [0.29, 0.717) is 63.1 Å². The first-order valence-corrected chi connectivity index (χ1v) is 25.5. The van der Waals surface area contributed by atoms with Crippen LogP contribution < -0.4 is 32.1 Å².